The fourth-order valence-corrected chi connectivity index (χ4v) is 7.44. The number of esters is 1. The molecule has 4 aliphatic rings. The maximum Gasteiger partial charge on any atom is 0.306 e. The molecule has 4 aliphatic carbocycles. The Balaban J connectivity index is 1.39. The van der Waals surface area contributed by atoms with Gasteiger partial charge in [0, 0.05) is 24.7 Å². The third kappa shape index (κ3) is 3.72. The lowest BCUT2D eigenvalue weighted by Gasteiger charge is -2.56. The van der Waals surface area contributed by atoms with Crippen molar-refractivity contribution < 1.29 is 14.3 Å². The van der Waals surface area contributed by atoms with E-state index in [0.29, 0.717) is 30.0 Å². The van der Waals surface area contributed by atoms with Crippen LogP contribution < -0.4 is 0 Å². The zero-order chi connectivity index (χ0) is 20.6. The number of rotatable bonds is 6. The van der Waals surface area contributed by atoms with E-state index in [4.69, 9.17) is 4.74 Å². The zero-order valence-corrected chi connectivity index (χ0v) is 18.8. The van der Waals surface area contributed by atoms with Crippen molar-refractivity contribution in [3.63, 3.8) is 0 Å². The van der Waals surface area contributed by atoms with E-state index in [2.05, 4.69) is 26.8 Å². The molecule has 0 bridgehead atoms. The molecule has 0 saturated heterocycles. The van der Waals surface area contributed by atoms with Crippen molar-refractivity contribution in [2.45, 2.75) is 110 Å². The number of Topliss-reactive ketones (excluding diaryl/α,β-unsaturated/α-hetero) is 1. The van der Waals surface area contributed by atoms with E-state index in [9.17, 15) is 9.59 Å². The van der Waals surface area contributed by atoms with Gasteiger partial charge in [-0.2, -0.15) is 0 Å². The van der Waals surface area contributed by atoms with Crippen molar-refractivity contribution in [1.82, 2.24) is 0 Å². The largest absolute Gasteiger partial charge is 0.462 e. The van der Waals surface area contributed by atoms with Crippen LogP contribution in [0.5, 0.6) is 0 Å². The molecule has 0 aromatic rings. The molecule has 0 unspecified atom stereocenters. The molecule has 0 N–H and O–H groups in total. The molecule has 6 atom stereocenters. The predicted molar refractivity (Wildman–Crippen MR) is 115 cm³/mol. The number of hydrogen-bond acceptors (Lipinski definition) is 3. The van der Waals surface area contributed by atoms with Crippen molar-refractivity contribution in [1.29, 1.82) is 0 Å². The highest BCUT2D eigenvalue weighted by Gasteiger charge is 2.58. The van der Waals surface area contributed by atoms with Gasteiger partial charge < -0.3 is 4.74 Å². The van der Waals surface area contributed by atoms with E-state index >= 15 is 0 Å². The van der Waals surface area contributed by atoms with Crippen LogP contribution >= 0.6 is 0 Å². The minimum Gasteiger partial charge on any atom is -0.462 e. The Morgan fingerprint density at radius 3 is 2.62 bits per heavy atom. The standard InChI is InChI=1S/C26H40O3/c1-4-5-6-7-8-24(28)29-19-13-15-25(2)18(17-19)9-10-20-21-11-12-23(27)26(21,3)16-14-22(20)25/h9,19-22H,4-8,10-17H2,1-3H3/t19-,20-,21+,22-,25+,26+/m1/s1. The van der Waals surface area contributed by atoms with Crippen LogP contribution in [0.3, 0.4) is 0 Å². The zero-order valence-electron chi connectivity index (χ0n) is 18.8. The molecule has 162 valence electrons. The minimum absolute atomic E-state index is 0.00175. The summed E-state index contributed by atoms with van der Waals surface area (Å²) in [5.74, 6) is 2.49. The van der Waals surface area contributed by atoms with Gasteiger partial charge in [0.25, 0.3) is 0 Å². The average Bonchev–Trinajstić information content (AvgIpc) is 3.00. The van der Waals surface area contributed by atoms with Gasteiger partial charge in [-0.05, 0) is 68.1 Å². The third-order valence-corrected chi connectivity index (χ3v) is 9.30. The molecule has 4 rings (SSSR count). The molecule has 0 aromatic carbocycles. The van der Waals surface area contributed by atoms with E-state index in [1.165, 1.54) is 19.3 Å². The SMILES string of the molecule is CCCCCCC(=O)O[C@@H]1CC[C@@]2(C)C(=CC[C@H]3[C@H]2CC[C@]2(C)C(=O)CC[C@@H]32)C1. The first-order valence-electron chi connectivity index (χ1n) is 12.3. The molecule has 0 heterocycles. The van der Waals surface area contributed by atoms with Crippen LogP contribution in [0.25, 0.3) is 0 Å². The van der Waals surface area contributed by atoms with E-state index in [0.717, 1.165) is 57.8 Å². The van der Waals surface area contributed by atoms with Crippen molar-refractivity contribution >= 4 is 11.8 Å². The van der Waals surface area contributed by atoms with Gasteiger partial charge in [-0.15, -0.1) is 0 Å². The highest BCUT2D eigenvalue weighted by atomic mass is 16.5. The van der Waals surface area contributed by atoms with Crippen molar-refractivity contribution in [2.75, 3.05) is 0 Å². The Morgan fingerprint density at radius 2 is 1.83 bits per heavy atom. The Morgan fingerprint density at radius 1 is 1.07 bits per heavy atom. The Hall–Kier alpha value is -1.12. The first kappa shape index (κ1) is 21.1. The number of hydrogen-bond donors (Lipinski definition) is 0. The summed E-state index contributed by atoms with van der Waals surface area (Å²) in [6.45, 7) is 6.91. The van der Waals surface area contributed by atoms with Crippen LogP contribution in [0.15, 0.2) is 11.6 Å². The Kier molecular flexibility index (Phi) is 5.97. The second-order valence-electron chi connectivity index (χ2n) is 10.8. The average molecular weight is 401 g/mol. The summed E-state index contributed by atoms with van der Waals surface area (Å²) in [6.07, 6.45) is 16.0. The number of fused-ring (bicyclic) bond motifs is 5. The molecule has 0 amide bonds. The number of carbonyl (C=O) groups is 2. The second-order valence-corrected chi connectivity index (χ2v) is 10.8. The summed E-state index contributed by atoms with van der Waals surface area (Å²) in [7, 11) is 0. The summed E-state index contributed by atoms with van der Waals surface area (Å²) in [4.78, 5) is 24.8. The first-order chi connectivity index (χ1) is 13.9. The third-order valence-electron chi connectivity index (χ3n) is 9.30. The lowest BCUT2D eigenvalue weighted by Crippen LogP contribution is -2.50. The van der Waals surface area contributed by atoms with Crippen LogP contribution in [0.1, 0.15) is 104 Å². The van der Waals surface area contributed by atoms with Gasteiger partial charge >= 0.3 is 5.97 Å². The molecule has 29 heavy (non-hydrogen) atoms. The second kappa shape index (κ2) is 8.19. The maximum absolute atomic E-state index is 12.6. The van der Waals surface area contributed by atoms with Crippen LogP contribution in [0.2, 0.25) is 0 Å². The van der Waals surface area contributed by atoms with Crippen LogP contribution in [-0.4, -0.2) is 17.9 Å². The lowest BCUT2D eigenvalue weighted by molar-refractivity contribution is -0.151. The molecule has 3 heteroatoms. The highest BCUT2D eigenvalue weighted by molar-refractivity contribution is 5.87. The molecule has 0 aliphatic heterocycles. The fourth-order valence-electron chi connectivity index (χ4n) is 7.44. The van der Waals surface area contributed by atoms with Crippen LogP contribution in [0, 0.1) is 28.6 Å². The number of unbranched alkanes of at least 4 members (excludes halogenated alkanes) is 3. The van der Waals surface area contributed by atoms with Crippen LogP contribution in [-0.2, 0) is 14.3 Å². The molecule has 0 aromatic heterocycles. The Labute approximate surface area is 177 Å². The molecule has 0 spiro atoms. The van der Waals surface area contributed by atoms with Gasteiger partial charge in [0.1, 0.15) is 11.9 Å². The fraction of sp³-hybridized carbons (Fsp3) is 0.846. The van der Waals surface area contributed by atoms with E-state index < -0.39 is 0 Å². The minimum atomic E-state index is -0.0482. The predicted octanol–water partition coefficient (Wildman–Crippen LogP) is 6.40. The van der Waals surface area contributed by atoms with Gasteiger partial charge in [0.15, 0.2) is 0 Å². The monoisotopic (exact) mass is 400 g/mol. The molecular weight excluding hydrogens is 360 g/mol. The number of carbonyl (C=O) groups excluding carboxylic acids is 2. The van der Waals surface area contributed by atoms with Gasteiger partial charge in [-0.1, -0.05) is 51.7 Å². The summed E-state index contributed by atoms with van der Waals surface area (Å²) in [6, 6.07) is 0. The Bertz CT molecular complexity index is 679. The first-order valence-corrected chi connectivity index (χ1v) is 12.3. The summed E-state index contributed by atoms with van der Waals surface area (Å²) < 4.78 is 5.88. The van der Waals surface area contributed by atoms with E-state index in [1.54, 1.807) is 5.57 Å². The van der Waals surface area contributed by atoms with Crippen molar-refractivity contribution in [2.24, 2.45) is 28.6 Å². The molecule has 3 nitrogen and oxygen atoms in total. The smallest absolute Gasteiger partial charge is 0.306 e. The number of ketones is 1. The molecular formula is C26H40O3. The maximum atomic E-state index is 12.6. The van der Waals surface area contributed by atoms with Crippen LogP contribution in [0.4, 0.5) is 0 Å². The van der Waals surface area contributed by atoms with Gasteiger partial charge in [0.2, 0.25) is 0 Å². The van der Waals surface area contributed by atoms with Crippen molar-refractivity contribution in [3.05, 3.63) is 11.6 Å². The topological polar surface area (TPSA) is 43.4 Å². The van der Waals surface area contributed by atoms with Gasteiger partial charge in [-0.3, -0.25) is 9.59 Å². The quantitative estimate of drug-likeness (QED) is 0.294. The molecule has 3 fully saturated rings. The van der Waals surface area contributed by atoms with E-state index in [-0.39, 0.29) is 22.9 Å². The lowest BCUT2D eigenvalue weighted by atomic mass is 9.48. The number of allylic oxidation sites excluding steroid dienone is 1. The summed E-state index contributed by atoms with van der Waals surface area (Å²) in [5.41, 5.74) is 1.74. The van der Waals surface area contributed by atoms with Gasteiger partial charge in [0.05, 0.1) is 0 Å². The van der Waals surface area contributed by atoms with Gasteiger partial charge in [-0.25, -0.2) is 0 Å². The van der Waals surface area contributed by atoms with Crippen molar-refractivity contribution in [3.8, 4) is 0 Å². The summed E-state index contributed by atoms with van der Waals surface area (Å²) >= 11 is 0. The normalized spacial score (nSPS) is 41.2. The molecule has 0 radical (unpaired) electrons. The summed E-state index contributed by atoms with van der Waals surface area (Å²) in [5, 5.41) is 0. The highest BCUT2D eigenvalue weighted by Crippen LogP contribution is 2.64. The number of ether oxygens (including phenoxy) is 1. The van der Waals surface area contributed by atoms with E-state index in [1.807, 2.05) is 0 Å². The molecule has 3 saturated carbocycles.